The van der Waals surface area contributed by atoms with Crippen molar-refractivity contribution in [3.05, 3.63) is 16.1 Å². The topological polar surface area (TPSA) is 28.2 Å². The van der Waals surface area contributed by atoms with Gasteiger partial charge in [0.2, 0.25) is 0 Å². The zero-order chi connectivity index (χ0) is 14.3. The molecule has 0 saturated heterocycles. The van der Waals surface area contributed by atoms with Gasteiger partial charge in [0.1, 0.15) is 5.01 Å². The van der Waals surface area contributed by atoms with Gasteiger partial charge in [-0.25, -0.2) is 4.98 Å². The summed E-state index contributed by atoms with van der Waals surface area (Å²) in [5, 5.41) is 6.89. The quantitative estimate of drug-likeness (QED) is 0.789. The molecule has 110 valence electrons. The molecule has 3 nitrogen and oxygen atoms in total. The fraction of sp³-hybridized carbons (Fsp3) is 0.800. The van der Waals surface area contributed by atoms with Crippen LogP contribution in [0, 0.1) is 0 Å². The van der Waals surface area contributed by atoms with Crippen LogP contribution in [0.2, 0.25) is 0 Å². The number of hydrogen-bond donors (Lipinski definition) is 1. The standard InChI is InChI=1S/C15H29N3S/c1-6-8-18(9-7-2)11-13-12-19-14(17-13)10-16-15(3,4)5/h12,16H,6-11H2,1-5H3. The molecule has 1 aromatic rings. The normalized spacial score (nSPS) is 12.3. The fourth-order valence-electron chi connectivity index (χ4n) is 1.97. The lowest BCUT2D eigenvalue weighted by Crippen LogP contribution is -2.35. The van der Waals surface area contributed by atoms with Crippen molar-refractivity contribution in [2.75, 3.05) is 13.1 Å². The van der Waals surface area contributed by atoms with E-state index in [0.29, 0.717) is 0 Å². The van der Waals surface area contributed by atoms with Gasteiger partial charge in [-0.2, -0.15) is 0 Å². The van der Waals surface area contributed by atoms with Crippen molar-refractivity contribution in [3.8, 4) is 0 Å². The Labute approximate surface area is 122 Å². The van der Waals surface area contributed by atoms with Crippen LogP contribution in [-0.2, 0) is 13.1 Å². The number of nitrogens with zero attached hydrogens (tertiary/aromatic N) is 2. The van der Waals surface area contributed by atoms with E-state index in [1.165, 1.54) is 36.6 Å². The highest BCUT2D eigenvalue weighted by Crippen LogP contribution is 2.13. The minimum absolute atomic E-state index is 0.155. The molecular formula is C15H29N3S. The molecule has 19 heavy (non-hydrogen) atoms. The van der Waals surface area contributed by atoms with Gasteiger partial charge in [0.25, 0.3) is 0 Å². The number of hydrogen-bond acceptors (Lipinski definition) is 4. The van der Waals surface area contributed by atoms with Crippen molar-refractivity contribution in [3.63, 3.8) is 0 Å². The van der Waals surface area contributed by atoms with Crippen LogP contribution in [0.4, 0.5) is 0 Å². The smallest absolute Gasteiger partial charge is 0.107 e. The Bertz CT molecular complexity index is 349. The Morgan fingerprint density at radius 3 is 2.37 bits per heavy atom. The maximum absolute atomic E-state index is 4.73. The van der Waals surface area contributed by atoms with Crippen molar-refractivity contribution < 1.29 is 0 Å². The van der Waals surface area contributed by atoms with E-state index in [1.807, 2.05) is 0 Å². The summed E-state index contributed by atoms with van der Waals surface area (Å²) >= 11 is 1.77. The van der Waals surface area contributed by atoms with Gasteiger partial charge < -0.3 is 5.32 Å². The van der Waals surface area contributed by atoms with Gasteiger partial charge >= 0.3 is 0 Å². The molecule has 0 aliphatic carbocycles. The van der Waals surface area contributed by atoms with Gasteiger partial charge in [-0.1, -0.05) is 13.8 Å². The third-order valence-electron chi connectivity index (χ3n) is 2.83. The largest absolute Gasteiger partial charge is 0.306 e. The van der Waals surface area contributed by atoms with Crippen LogP contribution >= 0.6 is 11.3 Å². The first-order valence-electron chi connectivity index (χ1n) is 7.35. The first-order chi connectivity index (χ1) is 8.94. The molecule has 0 bridgehead atoms. The van der Waals surface area contributed by atoms with Crippen LogP contribution in [-0.4, -0.2) is 28.5 Å². The summed E-state index contributed by atoms with van der Waals surface area (Å²) in [5.41, 5.74) is 1.38. The molecule has 1 aromatic heterocycles. The first-order valence-corrected chi connectivity index (χ1v) is 8.23. The van der Waals surface area contributed by atoms with E-state index in [1.54, 1.807) is 11.3 Å². The molecule has 1 N–H and O–H groups in total. The molecule has 1 heterocycles. The van der Waals surface area contributed by atoms with Crippen LogP contribution in [0.1, 0.15) is 58.2 Å². The predicted octanol–water partition coefficient (Wildman–Crippen LogP) is 3.65. The fourth-order valence-corrected chi connectivity index (χ4v) is 2.70. The van der Waals surface area contributed by atoms with E-state index in [-0.39, 0.29) is 5.54 Å². The average Bonchev–Trinajstić information content (AvgIpc) is 2.74. The molecule has 0 fully saturated rings. The van der Waals surface area contributed by atoms with Crippen molar-refractivity contribution in [2.45, 2.75) is 66.1 Å². The van der Waals surface area contributed by atoms with Gasteiger partial charge in [0, 0.05) is 24.0 Å². The third kappa shape index (κ3) is 7.04. The summed E-state index contributed by atoms with van der Waals surface area (Å²) in [5.74, 6) is 0. The molecule has 0 saturated carbocycles. The number of thiazole rings is 1. The number of nitrogens with one attached hydrogen (secondary N) is 1. The van der Waals surface area contributed by atoms with E-state index >= 15 is 0 Å². The lowest BCUT2D eigenvalue weighted by atomic mass is 10.1. The summed E-state index contributed by atoms with van der Waals surface area (Å²) in [7, 11) is 0. The lowest BCUT2D eigenvalue weighted by Gasteiger charge is -2.20. The van der Waals surface area contributed by atoms with Crippen molar-refractivity contribution >= 4 is 11.3 Å². The zero-order valence-corrected chi connectivity index (χ0v) is 13.9. The maximum atomic E-state index is 4.73. The third-order valence-corrected chi connectivity index (χ3v) is 3.73. The maximum Gasteiger partial charge on any atom is 0.107 e. The molecule has 4 heteroatoms. The first kappa shape index (κ1) is 16.6. The highest BCUT2D eigenvalue weighted by Gasteiger charge is 2.11. The van der Waals surface area contributed by atoms with E-state index in [0.717, 1.165) is 13.1 Å². The van der Waals surface area contributed by atoms with Crippen LogP contribution in [0.25, 0.3) is 0 Å². The Morgan fingerprint density at radius 2 is 1.84 bits per heavy atom. The van der Waals surface area contributed by atoms with E-state index in [9.17, 15) is 0 Å². The minimum Gasteiger partial charge on any atom is -0.306 e. The van der Waals surface area contributed by atoms with Crippen LogP contribution in [0.3, 0.4) is 0 Å². The van der Waals surface area contributed by atoms with Crippen molar-refractivity contribution in [1.29, 1.82) is 0 Å². The summed E-state index contributed by atoms with van der Waals surface area (Å²) in [6, 6.07) is 0. The van der Waals surface area contributed by atoms with Gasteiger partial charge in [-0.15, -0.1) is 11.3 Å². The van der Waals surface area contributed by atoms with E-state index in [2.05, 4.69) is 50.2 Å². The van der Waals surface area contributed by atoms with Crippen LogP contribution < -0.4 is 5.32 Å². The van der Waals surface area contributed by atoms with Gasteiger partial charge in [-0.3, -0.25) is 4.90 Å². The molecule has 0 amide bonds. The average molecular weight is 283 g/mol. The summed E-state index contributed by atoms with van der Waals surface area (Å²) in [6.07, 6.45) is 2.42. The second kappa shape index (κ2) is 7.98. The molecule has 0 unspecified atom stereocenters. The molecule has 0 aliphatic rings. The van der Waals surface area contributed by atoms with Gasteiger partial charge in [0.05, 0.1) is 5.69 Å². The van der Waals surface area contributed by atoms with Gasteiger partial charge in [0.15, 0.2) is 0 Å². The second-order valence-corrected chi connectivity index (χ2v) is 7.05. The van der Waals surface area contributed by atoms with Crippen molar-refractivity contribution in [1.82, 2.24) is 15.2 Å². The Kier molecular flexibility index (Phi) is 6.97. The van der Waals surface area contributed by atoms with E-state index in [4.69, 9.17) is 4.98 Å². The minimum atomic E-state index is 0.155. The van der Waals surface area contributed by atoms with Crippen LogP contribution in [0.5, 0.6) is 0 Å². The van der Waals surface area contributed by atoms with Crippen molar-refractivity contribution in [2.24, 2.45) is 0 Å². The molecule has 0 aromatic carbocycles. The highest BCUT2D eigenvalue weighted by molar-refractivity contribution is 7.09. The molecule has 1 rings (SSSR count). The molecule has 0 aliphatic heterocycles. The number of aromatic nitrogens is 1. The Morgan fingerprint density at radius 1 is 1.21 bits per heavy atom. The predicted molar refractivity (Wildman–Crippen MR) is 84.6 cm³/mol. The van der Waals surface area contributed by atoms with Crippen LogP contribution in [0.15, 0.2) is 5.38 Å². The molecule has 0 radical (unpaired) electrons. The highest BCUT2D eigenvalue weighted by atomic mass is 32.1. The molecule has 0 spiro atoms. The summed E-state index contributed by atoms with van der Waals surface area (Å²) < 4.78 is 0. The second-order valence-electron chi connectivity index (χ2n) is 6.11. The molecule has 0 atom stereocenters. The number of rotatable bonds is 8. The zero-order valence-electron chi connectivity index (χ0n) is 13.1. The van der Waals surface area contributed by atoms with Gasteiger partial charge in [-0.05, 0) is 46.7 Å². The van der Waals surface area contributed by atoms with E-state index < -0.39 is 0 Å². The monoisotopic (exact) mass is 283 g/mol. The lowest BCUT2D eigenvalue weighted by molar-refractivity contribution is 0.264. The summed E-state index contributed by atoms with van der Waals surface area (Å²) in [4.78, 5) is 7.23. The Hall–Kier alpha value is -0.450. The SMILES string of the molecule is CCCN(CCC)Cc1csc(CNC(C)(C)C)n1. The molecular weight excluding hydrogens is 254 g/mol. The summed E-state index contributed by atoms with van der Waals surface area (Å²) in [6.45, 7) is 15.2. The Balaban J connectivity index is 2.48.